The topological polar surface area (TPSA) is 66.2 Å². The minimum absolute atomic E-state index is 0.346. The fraction of sp³-hybridized carbons (Fsp3) is 0.125. The minimum Gasteiger partial charge on any atom is -0.497 e. The van der Waals surface area contributed by atoms with E-state index in [-0.39, 0.29) is 5.97 Å². The second-order valence-electron chi connectivity index (χ2n) is 6.64. The van der Waals surface area contributed by atoms with Crippen LogP contribution in [0.1, 0.15) is 10.8 Å². The maximum absolute atomic E-state index is 12.6. The van der Waals surface area contributed by atoms with Crippen LogP contribution in [0.4, 0.5) is 0 Å². The van der Waals surface area contributed by atoms with Gasteiger partial charge in [0.15, 0.2) is 11.0 Å². The van der Waals surface area contributed by atoms with Gasteiger partial charge in [0.1, 0.15) is 11.0 Å². The summed E-state index contributed by atoms with van der Waals surface area (Å²) < 4.78 is 12.4. The summed E-state index contributed by atoms with van der Waals surface area (Å²) in [5.74, 6) is 1.04. The van der Waals surface area contributed by atoms with E-state index in [1.807, 2.05) is 89.5 Å². The van der Waals surface area contributed by atoms with Crippen LogP contribution in [0, 0.1) is 0 Å². The molecule has 0 saturated carbocycles. The number of ether oxygens (including phenoxy) is 2. The van der Waals surface area contributed by atoms with Crippen LogP contribution in [-0.4, -0.2) is 35.0 Å². The van der Waals surface area contributed by atoms with Gasteiger partial charge in [-0.25, -0.2) is 0 Å². The van der Waals surface area contributed by atoms with Crippen LogP contribution in [0.3, 0.4) is 0 Å². The maximum atomic E-state index is 12.6. The average molecular weight is 432 g/mol. The largest absolute Gasteiger partial charge is 0.497 e. The molecule has 0 aliphatic heterocycles. The van der Waals surface area contributed by atoms with Gasteiger partial charge in [0.05, 0.1) is 14.2 Å². The zero-order valence-electron chi connectivity index (χ0n) is 17.1. The molecule has 4 aromatic rings. The normalized spacial score (nSPS) is 11.7. The molecule has 0 spiro atoms. The van der Waals surface area contributed by atoms with Crippen molar-refractivity contribution in [1.82, 2.24) is 14.8 Å². The van der Waals surface area contributed by atoms with Gasteiger partial charge in [-0.05, 0) is 29.8 Å². The highest BCUT2D eigenvalue weighted by atomic mass is 32.2. The molecule has 1 heterocycles. The quantitative estimate of drug-likeness (QED) is 0.305. The fourth-order valence-corrected chi connectivity index (χ4v) is 4.28. The van der Waals surface area contributed by atoms with Gasteiger partial charge in [0.2, 0.25) is 0 Å². The summed E-state index contributed by atoms with van der Waals surface area (Å²) in [5.41, 5.74) is 2.59. The predicted octanol–water partition coefficient (Wildman–Crippen LogP) is 4.95. The number of carbonyl (C=O) groups is 1. The molecule has 31 heavy (non-hydrogen) atoms. The molecule has 0 N–H and O–H groups in total. The molecule has 0 amide bonds. The Morgan fingerprint density at radius 3 is 2.29 bits per heavy atom. The Morgan fingerprint density at radius 2 is 1.61 bits per heavy atom. The lowest BCUT2D eigenvalue weighted by Gasteiger charge is -2.16. The van der Waals surface area contributed by atoms with Crippen LogP contribution >= 0.6 is 11.8 Å². The molecule has 0 radical (unpaired) electrons. The van der Waals surface area contributed by atoms with E-state index in [0.29, 0.717) is 11.0 Å². The first-order chi connectivity index (χ1) is 15.2. The van der Waals surface area contributed by atoms with Crippen LogP contribution < -0.4 is 4.74 Å². The van der Waals surface area contributed by atoms with Crippen molar-refractivity contribution in [3.63, 3.8) is 0 Å². The smallest absolute Gasteiger partial charge is 0.323 e. The monoisotopic (exact) mass is 431 g/mol. The Bertz CT molecular complexity index is 1160. The van der Waals surface area contributed by atoms with E-state index < -0.39 is 5.25 Å². The summed E-state index contributed by atoms with van der Waals surface area (Å²) in [4.78, 5) is 12.6. The molecular weight excluding hydrogens is 410 g/mol. The van der Waals surface area contributed by atoms with Crippen LogP contribution in [0.15, 0.2) is 90.1 Å². The average Bonchev–Trinajstić information content (AvgIpc) is 3.27. The third-order valence-corrected chi connectivity index (χ3v) is 5.89. The lowest BCUT2D eigenvalue weighted by molar-refractivity contribution is -0.140. The van der Waals surface area contributed by atoms with Crippen molar-refractivity contribution in [3.8, 4) is 22.8 Å². The number of rotatable bonds is 7. The minimum atomic E-state index is -0.573. The Morgan fingerprint density at radius 1 is 0.903 bits per heavy atom. The van der Waals surface area contributed by atoms with Crippen molar-refractivity contribution >= 4 is 17.7 Å². The van der Waals surface area contributed by atoms with Gasteiger partial charge in [0, 0.05) is 11.3 Å². The highest BCUT2D eigenvalue weighted by Gasteiger charge is 2.27. The van der Waals surface area contributed by atoms with Gasteiger partial charge in [-0.1, -0.05) is 72.4 Å². The zero-order chi connectivity index (χ0) is 21.6. The Kier molecular flexibility index (Phi) is 6.33. The van der Waals surface area contributed by atoms with Crippen molar-refractivity contribution in [3.05, 3.63) is 90.5 Å². The van der Waals surface area contributed by atoms with E-state index in [1.54, 1.807) is 7.11 Å². The number of methoxy groups -OCH3 is 2. The standard InChI is InChI=1S/C24H21N3O3S/c1-29-20-15-9-12-18(16-20)22-25-26-24(27(22)19-13-7-4-8-14-19)31-21(23(28)30-2)17-10-5-3-6-11-17/h3-16,21H,1-2H3. The molecule has 1 atom stereocenters. The number of hydrogen-bond donors (Lipinski definition) is 0. The number of para-hydroxylation sites is 1. The van der Waals surface area contributed by atoms with Crippen LogP contribution in [-0.2, 0) is 9.53 Å². The first-order valence-corrected chi connectivity index (χ1v) is 10.5. The molecule has 7 heteroatoms. The third-order valence-electron chi connectivity index (χ3n) is 4.72. The van der Waals surface area contributed by atoms with E-state index in [9.17, 15) is 4.79 Å². The molecule has 0 bridgehead atoms. The number of hydrogen-bond acceptors (Lipinski definition) is 6. The van der Waals surface area contributed by atoms with Gasteiger partial charge in [-0.15, -0.1) is 10.2 Å². The number of aromatic nitrogens is 3. The maximum Gasteiger partial charge on any atom is 0.323 e. The third kappa shape index (κ3) is 4.46. The van der Waals surface area contributed by atoms with Crippen molar-refractivity contribution in [2.75, 3.05) is 14.2 Å². The van der Waals surface area contributed by atoms with E-state index in [4.69, 9.17) is 9.47 Å². The summed E-state index contributed by atoms with van der Waals surface area (Å²) in [7, 11) is 3.02. The molecule has 6 nitrogen and oxygen atoms in total. The summed E-state index contributed by atoms with van der Waals surface area (Å²) in [5, 5.41) is 8.90. The molecule has 0 aliphatic carbocycles. The SMILES string of the molecule is COC(=O)C(Sc1nnc(-c2cccc(OC)c2)n1-c1ccccc1)c1ccccc1. The summed E-state index contributed by atoms with van der Waals surface area (Å²) in [6.45, 7) is 0. The number of carbonyl (C=O) groups excluding carboxylic acids is 1. The van der Waals surface area contributed by atoms with Gasteiger partial charge in [0.25, 0.3) is 0 Å². The Hall–Kier alpha value is -3.58. The molecule has 0 aliphatic rings. The second kappa shape index (κ2) is 9.49. The first-order valence-electron chi connectivity index (χ1n) is 9.66. The molecule has 4 rings (SSSR count). The highest BCUT2D eigenvalue weighted by Crippen LogP contribution is 2.38. The van der Waals surface area contributed by atoms with E-state index >= 15 is 0 Å². The van der Waals surface area contributed by atoms with Gasteiger partial charge in [-0.2, -0.15) is 0 Å². The van der Waals surface area contributed by atoms with Gasteiger partial charge < -0.3 is 9.47 Å². The van der Waals surface area contributed by atoms with Crippen LogP contribution in [0.5, 0.6) is 5.75 Å². The second-order valence-corrected chi connectivity index (χ2v) is 7.71. The van der Waals surface area contributed by atoms with Gasteiger partial charge >= 0.3 is 5.97 Å². The lowest BCUT2D eigenvalue weighted by Crippen LogP contribution is -2.12. The number of benzene rings is 3. The van der Waals surface area contributed by atoms with Crippen molar-refractivity contribution < 1.29 is 14.3 Å². The predicted molar refractivity (Wildman–Crippen MR) is 120 cm³/mol. The summed E-state index contributed by atoms with van der Waals surface area (Å²) >= 11 is 1.30. The molecule has 3 aromatic carbocycles. The molecule has 1 unspecified atom stereocenters. The zero-order valence-corrected chi connectivity index (χ0v) is 18.0. The summed E-state index contributed by atoms with van der Waals surface area (Å²) in [6.07, 6.45) is 0. The van der Waals surface area contributed by atoms with Crippen molar-refractivity contribution in [2.24, 2.45) is 0 Å². The Labute approximate surface area is 184 Å². The molecule has 0 saturated heterocycles. The van der Waals surface area contributed by atoms with Crippen molar-refractivity contribution in [2.45, 2.75) is 10.4 Å². The summed E-state index contributed by atoms with van der Waals surface area (Å²) in [6, 6.07) is 27.0. The van der Waals surface area contributed by atoms with E-state index in [2.05, 4.69) is 10.2 Å². The number of nitrogens with zero attached hydrogens (tertiary/aromatic N) is 3. The number of thioether (sulfide) groups is 1. The van der Waals surface area contributed by atoms with Crippen LogP contribution in [0.2, 0.25) is 0 Å². The fourth-order valence-electron chi connectivity index (χ4n) is 3.20. The first kappa shape index (κ1) is 20.7. The Balaban J connectivity index is 1.82. The van der Waals surface area contributed by atoms with Crippen molar-refractivity contribution in [1.29, 1.82) is 0 Å². The molecule has 1 aromatic heterocycles. The van der Waals surface area contributed by atoms with E-state index in [0.717, 1.165) is 22.6 Å². The molecule has 156 valence electrons. The van der Waals surface area contributed by atoms with E-state index in [1.165, 1.54) is 18.9 Å². The molecular formula is C24H21N3O3S. The van der Waals surface area contributed by atoms with Crippen LogP contribution in [0.25, 0.3) is 17.1 Å². The molecule has 0 fully saturated rings. The highest BCUT2D eigenvalue weighted by molar-refractivity contribution is 8.00. The lowest BCUT2D eigenvalue weighted by atomic mass is 10.1. The number of esters is 1. The van der Waals surface area contributed by atoms with Gasteiger partial charge in [-0.3, -0.25) is 9.36 Å².